The lowest BCUT2D eigenvalue weighted by atomic mass is 9.61. The summed E-state index contributed by atoms with van der Waals surface area (Å²) >= 11 is 0. The van der Waals surface area contributed by atoms with Gasteiger partial charge in [0, 0.05) is 37.7 Å². The Hall–Kier alpha value is -2.58. The third kappa shape index (κ3) is 4.78. The monoisotopic (exact) mass is 481 g/mol. The van der Waals surface area contributed by atoms with E-state index in [0.717, 1.165) is 73.5 Å². The van der Waals surface area contributed by atoms with Crippen molar-refractivity contribution in [2.24, 2.45) is 11.1 Å². The van der Waals surface area contributed by atoms with E-state index in [9.17, 15) is 4.39 Å². The van der Waals surface area contributed by atoms with Gasteiger partial charge in [-0.05, 0) is 87.5 Å². The molecule has 1 saturated carbocycles. The number of anilines is 1. The van der Waals surface area contributed by atoms with Gasteiger partial charge in [0.1, 0.15) is 17.2 Å². The molecule has 7 nitrogen and oxygen atoms in total. The molecule has 2 saturated heterocycles. The van der Waals surface area contributed by atoms with Crippen LogP contribution in [0, 0.1) is 25.1 Å². The van der Waals surface area contributed by atoms with Gasteiger partial charge in [0.15, 0.2) is 5.82 Å². The molecule has 4 heterocycles. The Kier molecular flexibility index (Phi) is 6.77. The van der Waals surface area contributed by atoms with Crippen molar-refractivity contribution in [2.45, 2.75) is 71.8 Å². The zero-order valence-electron chi connectivity index (χ0n) is 21.1. The molecule has 0 unspecified atom stereocenters. The first-order valence-electron chi connectivity index (χ1n) is 12.9. The minimum absolute atomic E-state index is 0.272. The first-order chi connectivity index (χ1) is 16.9. The zero-order valence-corrected chi connectivity index (χ0v) is 21.1. The minimum atomic E-state index is -0.272. The van der Waals surface area contributed by atoms with Crippen LogP contribution in [0.15, 0.2) is 16.7 Å². The van der Waals surface area contributed by atoms with Gasteiger partial charge in [-0.25, -0.2) is 9.37 Å². The highest BCUT2D eigenvalue weighted by Crippen LogP contribution is 2.47. The molecule has 3 aromatic rings. The maximum atomic E-state index is 14.7. The number of ether oxygens (including phenoxy) is 1. The molecular formula is C27H36FN5O2. The molecule has 0 bridgehead atoms. The van der Waals surface area contributed by atoms with Crippen molar-refractivity contribution in [1.29, 1.82) is 0 Å². The predicted molar refractivity (Wildman–Crippen MR) is 135 cm³/mol. The van der Waals surface area contributed by atoms with E-state index in [2.05, 4.69) is 15.0 Å². The van der Waals surface area contributed by atoms with Crippen LogP contribution in [-0.2, 0) is 11.2 Å². The molecule has 2 aliphatic heterocycles. The van der Waals surface area contributed by atoms with Gasteiger partial charge >= 0.3 is 0 Å². The summed E-state index contributed by atoms with van der Waals surface area (Å²) in [4.78, 5) is 11.3. The topological polar surface area (TPSA) is 90.3 Å². The van der Waals surface area contributed by atoms with Crippen molar-refractivity contribution in [3.63, 3.8) is 0 Å². The highest BCUT2D eigenvalue weighted by molar-refractivity contribution is 5.93. The Balaban J connectivity index is 0.000000211. The lowest BCUT2D eigenvalue weighted by molar-refractivity contribution is -0.0378. The number of pyridine rings is 1. The smallest absolute Gasteiger partial charge is 0.261 e. The fourth-order valence-electron chi connectivity index (χ4n) is 5.80. The number of hydrogen-bond acceptors (Lipinski definition) is 7. The molecule has 0 amide bonds. The first-order valence-corrected chi connectivity index (χ1v) is 12.9. The van der Waals surface area contributed by atoms with Crippen LogP contribution in [0.4, 0.5) is 10.2 Å². The molecule has 35 heavy (non-hydrogen) atoms. The largest absolute Gasteiger partial charge is 0.381 e. The number of nitrogens with two attached hydrogens (primary N) is 1. The number of fused-ring (bicyclic) bond motifs is 1. The Morgan fingerprint density at radius 3 is 2.43 bits per heavy atom. The van der Waals surface area contributed by atoms with Crippen LogP contribution < -0.4 is 10.6 Å². The predicted octanol–water partition coefficient (Wildman–Crippen LogP) is 5.11. The van der Waals surface area contributed by atoms with Crippen molar-refractivity contribution >= 4 is 16.7 Å². The molecule has 2 N–H and O–H groups in total. The van der Waals surface area contributed by atoms with Crippen LogP contribution in [0.25, 0.3) is 22.4 Å². The van der Waals surface area contributed by atoms with Crippen molar-refractivity contribution in [1.82, 2.24) is 15.1 Å². The maximum Gasteiger partial charge on any atom is 0.261 e. The standard InChI is InChI=1S/C19H21FN4O.C8H15NO/c1-4-13-9-14-11(2)16(19-21-12(3)23-25-19)18(24-7-5-6-8-24)22-17(14)15(20)10-13;9-7-5-8(6-7)1-3-10-4-2-8/h9-10H,4-8H2,1-3H3;7H,1-6,9H2. The molecule has 0 atom stereocenters. The Labute approximate surface area is 206 Å². The second kappa shape index (κ2) is 9.82. The summed E-state index contributed by atoms with van der Waals surface area (Å²) in [6, 6.07) is 4.10. The third-order valence-corrected chi connectivity index (χ3v) is 7.84. The summed E-state index contributed by atoms with van der Waals surface area (Å²) in [5.41, 5.74) is 9.49. The summed E-state index contributed by atoms with van der Waals surface area (Å²) in [6.07, 6.45) is 7.99. The maximum absolute atomic E-state index is 14.7. The van der Waals surface area contributed by atoms with Crippen LogP contribution in [0.5, 0.6) is 0 Å². The molecule has 1 spiro atoms. The number of aryl methyl sites for hydroxylation is 3. The van der Waals surface area contributed by atoms with Gasteiger partial charge in [-0.15, -0.1) is 0 Å². The number of aromatic nitrogens is 3. The van der Waals surface area contributed by atoms with Gasteiger partial charge in [0.25, 0.3) is 5.89 Å². The summed E-state index contributed by atoms with van der Waals surface area (Å²) < 4.78 is 25.4. The number of rotatable bonds is 3. The number of nitrogens with zero attached hydrogens (tertiary/aromatic N) is 4. The Morgan fingerprint density at radius 2 is 1.83 bits per heavy atom. The van der Waals surface area contributed by atoms with Crippen LogP contribution in [-0.4, -0.2) is 47.5 Å². The van der Waals surface area contributed by atoms with E-state index < -0.39 is 0 Å². The molecule has 188 valence electrons. The van der Waals surface area contributed by atoms with Crippen LogP contribution >= 0.6 is 0 Å². The Bertz CT molecular complexity index is 1180. The van der Waals surface area contributed by atoms with E-state index in [-0.39, 0.29) is 5.82 Å². The van der Waals surface area contributed by atoms with E-state index in [1.165, 1.54) is 25.7 Å². The third-order valence-electron chi connectivity index (χ3n) is 7.84. The minimum Gasteiger partial charge on any atom is -0.381 e. The normalized spacial score (nSPS) is 19.6. The molecule has 8 heteroatoms. The quantitative estimate of drug-likeness (QED) is 0.556. The lowest BCUT2D eigenvalue weighted by Crippen LogP contribution is -2.48. The van der Waals surface area contributed by atoms with E-state index in [4.69, 9.17) is 20.0 Å². The number of benzene rings is 1. The van der Waals surface area contributed by atoms with Crippen LogP contribution in [0.2, 0.25) is 0 Å². The first kappa shape index (κ1) is 24.1. The average molecular weight is 482 g/mol. The SMILES string of the molecule is CCc1cc(F)c2nc(N3CCCC3)c(-c3nc(C)no3)c(C)c2c1.NC1CC2(CCOCC2)C1. The number of hydrogen-bond donors (Lipinski definition) is 1. The van der Waals surface area contributed by atoms with Crippen molar-refractivity contribution in [2.75, 3.05) is 31.2 Å². The van der Waals surface area contributed by atoms with Gasteiger partial charge < -0.3 is 19.9 Å². The summed E-state index contributed by atoms with van der Waals surface area (Å²) in [6.45, 7) is 9.54. The van der Waals surface area contributed by atoms with Gasteiger partial charge in [0.2, 0.25) is 0 Å². The zero-order chi connectivity index (χ0) is 24.6. The van der Waals surface area contributed by atoms with Gasteiger partial charge in [0.05, 0.1) is 5.56 Å². The van der Waals surface area contributed by atoms with Crippen molar-refractivity contribution in [3.8, 4) is 11.5 Å². The van der Waals surface area contributed by atoms with Gasteiger partial charge in [-0.2, -0.15) is 4.98 Å². The van der Waals surface area contributed by atoms with Crippen molar-refractivity contribution < 1.29 is 13.7 Å². The van der Waals surface area contributed by atoms with Crippen LogP contribution in [0.1, 0.15) is 62.4 Å². The van der Waals surface area contributed by atoms with Crippen LogP contribution in [0.3, 0.4) is 0 Å². The van der Waals surface area contributed by atoms with E-state index >= 15 is 0 Å². The second-order valence-electron chi connectivity index (χ2n) is 10.4. The fourth-order valence-corrected chi connectivity index (χ4v) is 5.80. The molecule has 0 radical (unpaired) electrons. The van der Waals surface area contributed by atoms with E-state index in [1.807, 2.05) is 19.9 Å². The molecule has 6 rings (SSSR count). The molecular weight excluding hydrogens is 445 g/mol. The lowest BCUT2D eigenvalue weighted by Gasteiger charge is -2.48. The molecule has 1 aromatic carbocycles. The van der Waals surface area contributed by atoms with E-state index in [1.54, 1.807) is 13.0 Å². The molecule has 1 aliphatic carbocycles. The fraction of sp³-hybridized carbons (Fsp3) is 0.593. The average Bonchev–Trinajstić information content (AvgIpc) is 3.51. The van der Waals surface area contributed by atoms with Crippen molar-refractivity contribution in [3.05, 3.63) is 34.9 Å². The van der Waals surface area contributed by atoms with Gasteiger partial charge in [-0.3, -0.25) is 0 Å². The van der Waals surface area contributed by atoms with E-state index in [0.29, 0.717) is 28.7 Å². The Morgan fingerprint density at radius 1 is 1.11 bits per heavy atom. The summed E-state index contributed by atoms with van der Waals surface area (Å²) in [7, 11) is 0. The summed E-state index contributed by atoms with van der Waals surface area (Å²) in [5, 5.41) is 4.74. The second-order valence-corrected chi connectivity index (χ2v) is 10.4. The molecule has 3 fully saturated rings. The van der Waals surface area contributed by atoms with Gasteiger partial charge in [-0.1, -0.05) is 12.1 Å². The summed E-state index contributed by atoms with van der Waals surface area (Å²) in [5.74, 6) is 1.50. The number of halogens is 1. The molecule has 3 aliphatic rings. The molecule has 2 aromatic heterocycles. The highest BCUT2D eigenvalue weighted by atomic mass is 19.1. The highest BCUT2D eigenvalue weighted by Gasteiger charge is 2.43.